The smallest absolute Gasteiger partial charge is 0.272 e. The number of rotatable bonds is 3. The fourth-order valence-electron chi connectivity index (χ4n) is 4.15. The minimum Gasteiger partial charge on any atom is -0.368 e. The molecule has 2 saturated heterocycles. The van der Waals surface area contributed by atoms with Crippen LogP contribution in [0.1, 0.15) is 35.8 Å². The molecule has 0 spiro atoms. The van der Waals surface area contributed by atoms with Crippen LogP contribution in [0.25, 0.3) is 0 Å². The second kappa shape index (κ2) is 8.17. The Labute approximate surface area is 167 Å². The van der Waals surface area contributed by atoms with E-state index in [0.29, 0.717) is 17.6 Å². The summed E-state index contributed by atoms with van der Waals surface area (Å²) in [6, 6.07) is 10.4. The van der Waals surface area contributed by atoms with Crippen molar-refractivity contribution in [3.63, 3.8) is 0 Å². The van der Waals surface area contributed by atoms with Gasteiger partial charge in [-0.05, 0) is 49.4 Å². The van der Waals surface area contributed by atoms with Crippen LogP contribution in [0.3, 0.4) is 0 Å². The summed E-state index contributed by atoms with van der Waals surface area (Å²) in [6.45, 7) is 9.55. The lowest BCUT2D eigenvalue weighted by molar-refractivity contribution is 0.0677. The van der Waals surface area contributed by atoms with Crippen LogP contribution in [-0.4, -0.2) is 60.0 Å². The van der Waals surface area contributed by atoms with Gasteiger partial charge >= 0.3 is 0 Å². The number of piperazine rings is 1. The van der Waals surface area contributed by atoms with E-state index in [1.54, 1.807) is 12.3 Å². The van der Waals surface area contributed by atoms with Gasteiger partial charge in [-0.3, -0.25) is 4.79 Å². The van der Waals surface area contributed by atoms with E-state index in [1.165, 1.54) is 17.7 Å². The largest absolute Gasteiger partial charge is 0.368 e. The third-order valence-electron chi connectivity index (χ3n) is 5.74. The van der Waals surface area contributed by atoms with E-state index >= 15 is 0 Å². The van der Waals surface area contributed by atoms with E-state index in [-0.39, 0.29) is 5.91 Å². The number of likely N-dealkylation sites (tertiary alicyclic amines) is 1. The van der Waals surface area contributed by atoms with Gasteiger partial charge in [0.1, 0.15) is 5.69 Å². The Kier molecular flexibility index (Phi) is 5.46. The molecule has 2 aliphatic rings. The highest BCUT2D eigenvalue weighted by Gasteiger charge is 2.25. The van der Waals surface area contributed by atoms with Gasteiger partial charge in [0.05, 0.1) is 0 Å². The molecule has 0 aliphatic carbocycles. The van der Waals surface area contributed by atoms with E-state index in [1.807, 2.05) is 4.90 Å². The fourth-order valence-corrected chi connectivity index (χ4v) is 4.15. The van der Waals surface area contributed by atoms with Crippen molar-refractivity contribution in [2.24, 2.45) is 5.92 Å². The molecule has 1 amide bonds. The SMILES string of the molecule is Cc1cccc(N2CCN(c3nccc(C(=O)N4CCCC(C)C4)n3)CC2)c1. The second-order valence-corrected chi connectivity index (χ2v) is 8.05. The summed E-state index contributed by atoms with van der Waals surface area (Å²) in [4.78, 5) is 28.4. The summed E-state index contributed by atoms with van der Waals surface area (Å²) in [5.74, 6) is 1.27. The Morgan fingerprint density at radius 3 is 2.61 bits per heavy atom. The molecule has 3 heterocycles. The quantitative estimate of drug-likeness (QED) is 0.821. The number of aromatic nitrogens is 2. The Balaban J connectivity index is 1.42. The van der Waals surface area contributed by atoms with Crippen molar-refractivity contribution in [3.8, 4) is 0 Å². The Bertz CT molecular complexity index is 831. The number of carbonyl (C=O) groups excluding carboxylic acids is 1. The number of aryl methyl sites for hydroxylation is 1. The lowest BCUT2D eigenvalue weighted by Crippen LogP contribution is -2.47. The zero-order chi connectivity index (χ0) is 19.5. The van der Waals surface area contributed by atoms with Crippen LogP contribution in [0, 0.1) is 12.8 Å². The average Bonchev–Trinajstić information content (AvgIpc) is 2.73. The van der Waals surface area contributed by atoms with Crippen molar-refractivity contribution < 1.29 is 4.79 Å². The summed E-state index contributed by atoms with van der Waals surface area (Å²) in [7, 11) is 0. The number of carbonyl (C=O) groups is 1. The zero-order valence-electron chi connectivity index (χ0n) is 16.8. The van der Waals surface area contributed by atoms with E-state index < -0.39 is 0 Å². The van der Waals surface area contributed by atoms with Crippen molar-refractivity contribution >= 4 is 17.5 Å². The fraction of sp³-hybridized carbons (Fsp3) is 0.500. The Morgan fingerprint density at radius 1 is 1.07 bits per heavy atom. The summed E-state index contributed by atoms with van der Waals surface area (Å²) in [5.41, 5.74) is 3.06. The number of hydrogen-bond donors (Lipinski definition) is 0. The molecular weight excluding hydrogens is 350 g/mol. The molecule has 4 rings (SSSR count). The topological polar surface area (TPSA) is 52.6 Å². The highest BCUT2D eigenvalue weighted by Crippen LogP contribution is 2.21. The van der Waals surface area contributed by atoms with Crippen molar-refractivity contribution in [2.75, 3.05) is 49.1 Å². The maximum atomic E-state index is 12.9. The lowest BCUT2D eigenvalue weighted by atomic mass is 10.00. The molecule has 2 aromatic rings. The molecule has 6 nitrogen and oxygen atoms in total. The van der Waals surface area contributed by atoms with Crippen LogP contribution in [-0.2, 0) is 0 Å². The van der Waals surface area contributed by atoms with Crippen LogP contribution in [0.4, 0.5) is 11.6 Å². The molecule has 1 aromatic heterocycles. The number of hydrogen-bond acceptors (Lipinski definition) is 5. The molecule has 1 aromatic carbocycles. The van der Waals surface area contributed by atoms with Gasteiger partial charge in [-0.15, -0.1) is 0 Å². The number of nitrogens with zero attached hydrogens (tertiary/aromatic N) is 5. The number of amides is 1. The third kappa shape index (κ3) is 4.11. The summed E-state index contributed by atoms with van der Waals surface area (Å²) in [5, 5.41) is 0. The van der Waals surface area contributed by atoms with Crippen LogP contribution >= 0.6 is 0 Å². The highest BCUT2D eigenvalue weighted by atomic mass is 16.2. The van der Waals surface area contributed by atoms with Crippen molar-refractivity contribution in [3.05, 3.63) is 47.8 Å². The molecule has 2 fully saturated rings. The number of piperidine rings is 1. The normalized spacial score (nSPS) is 20.4. The monoisotopic (exact) mass is 379 g/mol. The van der Waals surface area contributed by atoms with Crippen molar-refractivity contribution in [1.29, 1.82) is 0 Å². The summed E-state index contributed by atoms with van der Waals surface area (Å²) in [6.07, 6.45) is 3.99. The van der Waals surface area contributed by atoms with Gasteiger partial charge in [-0.25, -0.2) is 9.97 Å². The molecule has 1 atom stereocenters. The lowest BCUT2D eigenvalue weighted by Gasteiger charge is -2.36. The summed E-state index contributed by atoms with van der Waals surface area (Å²) < 4.78 is 0. The minimum absolute atomic E-state index is 0.0357. The average molecular weight is 380 g/mol. The second-order valence-electron chi connectivity index (χ2n) is 8.05. The molecule has 148 valence electrons. The molecule has 0 saturated carbocycles. The minimum atomic E-state index is 0.0357. The molecule has 2 aliphatic heterocycles. The van der Waals surface area contributed by atoms with Crippen molar-refractivity contribution in [2.45, 2.75) is 26.7 Å². The van der Waals surface area contributed by atoms with Gasteiger partial charge in [-0.1, -0.05) is 19.1 Å². The molecule has 1 unspecified atom stereocenters. The molecule has 28 heavy (non-hydrogen) atoms. The van der Waals surface area contributed by atoms with Crippen LogP contribution in [0.15, 0.2) is 36.5 Å². The Morgan fingerprint density at radius 2 is 1.86 bits per heavy atom. The van der Waals surface area contributed by atoms with E-state index in [2.05, 4.69) is 57.9 Å². The molecule has 0 N–H and O–H groups in total. The van der Waals surface area contributed by atoms with Gasteiger partial charge in [0.25, 0.3) is 5.91 Å². The van der Waals surface area contributed by atoms with Crippen LogP contribution < -0.4 is 9.80 Å². The van der Waals surface area contributed by atoms with E-state index in [9.17, 15) is 4.79 Å². The first-order chi connectivity index (χ1) is 13.6. The molecule has 0 bridgehead atoms. The van der Waals surface area contributed by atoms with E-state index in [4.69, 9.17) is 0 Å². The van der Waals surface area contributed by atoms with Gasteiger partial charge in [0.15, 0.2) is 0 Å². The number of anilines is 2. The standard InChI is InChI=1S/C22H29N5O/c1-17-5-3-7-19(15-17)25-11-13-26(14-12-25)22-23-9-8-20(24-22)21(28)27-10-4-6-18(2)16-27/h3,5,7-9,15,18H,4,6,10-14,16H2,1-2H3. The first-order valence-corrected chi connectivity index (χ1v) is 10.3. The van der Waals surface area contributed by atoms with Gasteiger partial charge in [0.2, 0.25) is 5.95 Å². The van der Waals surface area contributed by atoms with Gasteiger partial charge < -0.3 is 14.7 Å². The molecule has 6 heteroatoms. The zero-order valence-corrected chi connectivity index (χ0v) is 16.8. The molecule has 0 radical (unpaired) electrons. The Hall–Kier alpha value is -2.63. The van der Waals surface area contributed by atoms with Crippen LogP contribution in [0.2, 0.25) is 0 Å². The first-order valence-electron chi connectivity index (χ1n) is 10.3. The van der Waals surface area contributed by atoms with Crippen molar-refractivity contribution in [1.82, 2.24) is 14.9 Å². The maximum absolute atomic E-state index is 12.9. The molecular formula is C22H29N5O. The first kappa shape index (κ1) is 18.7. The predicted molar refractivity (Wildman–Crippen MR) is 112 cm³/mol. The van der Waals surface area contributed by atoms with Gasteiger partial charge in [0, 0.05) is 51.2 Å². The predicted octanol–water partition coefficient (Wildman–Crippen LogP) is 2.98. The highest BCUT2D eigenvalue weighted by molar-refractivity contribution is 5.92. The third-order valence-corrected chi connectivity index (χ3v) is 5.74. The van der Waals surface area contributed by atoms with E-state index in [0.717, 1.165) is 45.7 Å². The van der Waals surface area contributed by atoms with Crippen LogP contribution in [0.5, 0.6) is 0 Å². The number of benzene rings is 1. The maximum Gasteiger partial charge on any atom is 0.272 e. The van der Waals surface area contributed by atoms with Gasteiger partial charge in [-0.2, -0.15) is 0 Å². The summed E-state index contributed by atoms with van der Waals surface area (Å²) >= 11 is 0.